The second kappa shape index (κ2) is 6.21. The van der Waals surface area contributed by atoms with E-state index in [2.05, 4.69) is 53.4 Å². The second-order valence-corrected chi connectivity index (χ2v) is 5.21. The predicted octanol–water partition coefficient (Wildman–Crippen LogP) is 2.11. The van der Waals surface area contributed by atoms with Crippen LogP contribution in [0, 0.1) is 0 Å². The highest BCUT2D eigenvalue weighted by atomic mass is 15.2. The van der Waals surface area contributed by atoms with E-state index >= 15 is 0 Å². The van der Waals surface area contributed by atoms with Gasteiger partial charge in [0.25, 0.3) is 0 Å². The first kappa shape index (κ1) is 13.4. The van der Waals surface area contributed by atoms with Crippen molar-refractivity contribution < 1.29 is 0 Å². The zero-order valence-electron chi connectivity index (χ0n) is 11.8. The van der Waals surface area contributed by atoms with Crippen LogP contribution in [0.5, 0.6) is 0 Å². The number of benzene rings is 1. The molecule has 3 heteroatoms. The minimum Gasteiger partial charge on any atom is -0.370 e. The van der Waals surface area contributed by atoms with Crippen LogP contribution in [-0.2, 0) is 0 Å². The maximum Gasteiger partial charge on any atom is 0.0415 e. The summed E-state index contributed by atoms with van der Waals surface area (Å²) in [4.78, 5) is 4.96. The third-order valence-electron chi connectivity index (χ3n) is 3.90. The molecule has 1 aliphatic heterocycles. The van der Waals surface area contributed by atoms with Crippen molar-refractivity contribution in [2.45, 2.75) is 19.4 Å². The quantitative estimate of drug-likeness (QED) is 0.882. The Kier molecular flexibility index (Phi) is 4.61. The summed E-state index contributed by atoms with van der Waals surface area (Å²) in [5.74, 6) is 0. The van der Waals surface area contributed by atoms with E-state index in [-0.39, 0.29) is 0 Å². The molecular formula is C15H25N3. The van der Waals surface area contributed by atoms with Crippen LogP contribution in [0.3, 0.4) is 0 Å². The van der Waals surface area contributed by atoms with Crippen LogP contribution >= 0.6 is 0 Å². The van der Waals surface area contributed by atoms with E-state index in [1.165, 1.54) is 24.2 Å². The molecule has 1 aromatic carbocycles. The van der Waals surface area contributed by atoms with Crippen molar-refractivity contribution in [1.82, 2.24) is 10.2 Å². The van der Waals surface area contributed by atoms with Crippen molar-refractivity contribution in [3.05, 3.63) is 29.8 Å². The first-order valence-corrected chi connectivity index (χ1v) is 6.92. The number of nitrogens with zero attached hydrogens (tertiary/aromatic N) is 2. The fraction of sp³-hybridized carbons (Fsp3) is 0.600. The van der Waals surface area contributed by atoms with Crippen LogP contribution in [0.15, 0.2) is 24.3 Å². The molecule has 0 bridgehead atoms. The lowest BCUT2D eigenvalue weighted by Crippen LogP contribution is -2.30. The molecular weight excluding hydrogens is 222 g/mol. The van der Waals surface area contributed by atoms with Crippen LogP contribution in [0.1, 0.15) is 24.9 Å². The number of anilines is 1. The zero-order chi connectivity index (χ0) is 13.0. The van der Waals surface area contributed by atoms with Gasteiger partial charge >= 0.3 is 0 Å². The van der Waals surface area contributed by atoms with Gasteiger partial charge in [0.1, 0.15) is 0 Å². The number of likely N-dealkylation sites (N-methyl/N-ethyl adjacent to an activating group) is 1. The molecule has 1 saturated heterocycles. The van der Waals surface area contributed by atoms with Gasteiger partial charge in [-0.25, -0.2) is 0 Å². The monoisotopic (exact) mass is 247 g/mol. The van der Waals surface area contributed by atoms with Crippen molar-refractivity contribution in [1.29, 1.82) is 0 Å². The molecule has 1 fully saturated rings. The van der Waals surface area contributed by atoms with E-state index < -0.39 is 0 Å². The van der Waals surface area contributed by atoms with Gasteiger partial charge in [0.15, 0.2) is 0 Å². The van der Waals surface area contributed by atoms with Crippen molar-refractivity contribution in [2.75, 3.05) is 45.2 Å². The van der Waals surface area contributed by atoms with Gasteiger partial charge < -0.3 is 15.1 Å². The second-order valence-electron chi connectivity index (χ2n) is 5.21. The summed E-state index contributed by atoms with van der Waals surface area (Å²) < 4.78 is 0. The molecule has 1 N–H and O–H groups in total. The normalized spacial score (nSPS) is 19.6. The summed E-state index contributed by atoms with van der Waals surface area (Å²) in [6.45, 7) is 6.88. The summed E-state index contributed by atoms with van der Waals surface area (Å²) in [5, 5.41) is 3.35. The van der Waals surface area contributed by atoms with Crippen LogP contribution in [-0.4, -0.2) is 45.2 Å². The third-order valence-corrected chi connectivity index (χ3v) is 3.90. The molecule has 0 aromatic heterocycles. The predicted molar refractivity (Wildman–Crippen MR) is 78.2 cm³/mol. The van der Waals surface area contributed by atoms with Crippen LogP contribution < -0.4 is 10.2 Å². The Hall–Kier alpha value is -1.06. The molecule has 1 aliphatic rings. The molecule has 0 spiro atoms. The van der Waals surface area contributed by atoms with Crippen LogP contribution in [0.4, 0.5) is 5.69 Å². The molecule has 0 saturated carbocycles. The Morgan fingerprint density at radius 3 is 2.67 bits per heavy atom. The lowest BCUT2D eigenvalue weighted by molar-refractivity contribution is 0.360. The SMILES string of the molecule is CNC(C)c1ccccc1N1CCCN(C)CC1. The largest absolute Gasteiger partial charge is 0.370 e. The molecule has 1 atom stereocenters. The molecule has 0 amide bonds. The van der Waals surface area contributed by atoms with Gasteiger partial charge in [-0.15, -0.1) is 0 Å². The Morgan fingerprint density at radius 1 is 1.11 bits per heavy atom. The highest BCUT2D eigenvalue weighted by Gasteiger charge is 2.17. The highest BCUT2D eigenvalue weighted by Crippen LogP contribution is 2.26. The standard InChI is InChI=1S/C15H25N3/c1-13(16-2)14-7-4-5-8-15(14)18-10-6-9-17(3)11-12-18/h4-5,7-8,13,16H,6,9-12H2,1-3H3. The molecule has 0 aliphatic carbocycles. The van der Waals surface area contributed by atoms with E-state index in [0.29, 0.717) is 6.04 Å². The average Bonchev–Trinajstić information content (AvgIpc) is 2.62. The lowest BCUT2D eigenvalue weighted by atomic mass is 10.1. The van der Waals surface area contributed by atoms with Crippen molar-refractivity contribution in [2.24, 2.45) is 0 Å². The summed E-state index contributed by atoms with van der Waals surface area (Å²) in [5.41, 5.74) is 2.80. The fourth-order valence-corrected chi connectivity index (χ4v) is 2.58. The van der Waals surface area contributed by atoms with Gasteiger partial charge in [0, 0.05) is 31.4 Å². The summed E-state index contributed by atoms with van der Waals surface area (Å²) in [7, 11) is 4.24. The van der Waals surface area contributed by atoms with E-state index in [1.54, 1.807) is 0 Å². The minimum absolute atomic E-state index is 0.405. The Morgan fingerprint density at radius 2 is 1.89 bits per heavy atom. The number of rotatable bonds is 3. The van der Waals surface area contributed by atoms with Gasteiger partial charge in [0.05, 0.1) is 0 Å². The summed E-state index contributed by atoms with van der Waals surface area (Å²) in [6, 6.07) is 9.19. The number of nitrogens with one attached hydrogen (secondary N) is 1. The molecule has 2 rings (SSSR count). The summed E-state index contributed by atoms with van der Waals surface area (Å²) in [6.07, 6.45) is 1.25. The number of hydrogen-bond acceptors (Lipinski definition) is 3. The maximum absolute atomic E-state index is 3.35. The topological polar surface area (TPSA) is 18.5 Å². The lowest BCUT2D eigenvalue weighted by Gasteiger charge is -2.27. The van der Waals surface area contributed by atoms with Gasteiger partial charge in [-0.1, -0.05) is 18.2 Å². The maximum atomic E-state index is 3.35. The Balaban J connectivity index is 2.21. The van der Waals surface area contributed by atoms with Crippen LogP contribution in [0.25, 0.3) is 0 Å². The van der Waals surface area contributed by atoms with Crippen molar-refractivity contribution in [3.63, 3.8) is 0 Å². The van der Waals surface area contributed by atoms with Gasteiger partial charge in [0.2, 0.25) is 0 Å². The smallest absolute Gasteiger partial charge is 0.0415 e. The molecule has 3 nitrogen and oxygen atoms in total. The first-order valence-electron chi connectivity index (χ1n) is 6.92. The molecule has 1 unspecified atom stereocenters. The van der Waals surface area contributed by atoms with E-state index in [4.69, 9.17) is 0 Å². The van der Waals surface area contributed by atoms with Crippen LogP contribution in [0.2, 0.25) is 0 Å². The number of hydrogen-bond donors (Lipinski definition) is 1. The van der Waals surface area contributed by atoms with E-state index in [0.717, 1.165) is 19.6 Å². The van der Waals surface area contributed by atoms with Gasteiger partial charge in [-0.05, 0) is 45.6 Å². The van der Waals surface area contributed by atoms with Crippen molar-refractivity contribution >= 4 is 5.69 Å². The average molecular weight is 247 g/mol. The molecule has 18 heavy (non-hydrogen) atoms. The van der Waals surface area contributed by atoms with Gasteiger partial charge in [-0.2, -0.15) is 0 Å². The molecule has 1 aromatic rings. The molecule has 1 heterocycles. The van der Waals surface area contributed by atoms with E-state index in [1.807, 2.05) is 7.05 Å². The third kappa shape index (κ3) is 3.03. The summed E-state index contributed by atoms with van der Waals surface area (Å²) >= 11 is 0. The fourth-order valence-electron chi connectivity index (χ4n) is 2.58. The zero-order valence-corrected chi connectivity index (χ0v) is 11.8. The molecule has 100 valence electrons. The van der Waals surface area contributed by atoms with Crippen molar-refractivity contribution in [3.8, 4) is 0 Å². The minimum atomic E-state index is 0.405. The van der Waals surface area contributed by atoms with E-state index in [9.17, 15) is 0 Å². The first-order chi connectivity index (χ1) is 8.72. The Labute approximate surface area is 111 Å². The van der Waals surface area contributed by atoms with Gasteiger partial charge in [-0.3, -0.25) is 0 Å². The Bertz CT molecular complexity index is 378. The number of para-hydroxylation sites is 1. The molecule has 0 radical (unpaired) electrons. The highest BCUT2D eigenvalue weighted by molar-refractivity contribution is 5.55.